The van der Waals surface area contributed by atoms with Gasteiger partial charge in [0.2, 0.25) is 11.9 Å². The second kappa shape index (κ2) is 9.14. The van der Waals surface area contributed by atoms with Crippen molar-refractivity contribution in [3.8, 4) is 0 Å². The number of imidazole rings is 1. The van der Waals surface area contributed by atoms with E-state index in [9.17, 15) is 9.59 Å². The van der Waals surface area contributed by atoms with Crippen LogP contribution in [0.3, 0.4) is 0 Å². The maximum atomic E-state index is 13.9. The Morgan fingerprint density at radius 1 is 1.00 bits per heavy atom. The van der Waals surface area contributed by atoms with E-state index in [4.69, 9.17) is 9.72 Å². The fourth-order valence-corrected chi connectivity index (χ4v) is 4.80. The van der Waals surface area contributed by atoms with Crippen molar-refractivity contribution < 1.29 is 14.3 Å². The van der Waals surface area contributed by atoms with E-state index in [1.165, 1.54) is 0 Å². The summed E-state index contributed by atoms with van der Waals surface area (Å²) in [4.78, 5) is 33.7. The molecule has 6 heteroatoms. The highest BCUT2D eigenvalue weighted by Crippen LogP contribution is 2.41. The standard InChI is InChI=1S/C28H27N3O3/c1-3-34-27(33)24-25(21-13-9-10-19(2)18-21)31-23-15-8-7-14-22(23)29-28(31)30(26(24)32)17-16-20-11-5-4-6-12-20/h4-15,18,24-25H,3,16-17H2,1-2H3/t24-,25-/m0/s1. The summed E-state index contributed by atoms with van der Waals surface area (Å²) in [5, 5.41) is 0. The molecule has 0 fully saturated rings. The van der Waals surface area contributed by atoms with Crippen LogP contribution in [0.4, 0.5) is 5.95 Å². The summed E-state index contributed by atoms with van der Waals surface area (Å²) in [7, 11) is 0. The first kappa shape index (κ1) is 21.9. The Balaban J connectivity index is 1.69. The molecule has 0 N–H and O–H groups in total. The molecule has 2 heterocycles. The largest absolute Gasteiger partial charge is 0.465 e. The van der Waals surface area contributed by atoms with Crippen molar-refractivity contribution in [2.75, 3.05) is 18.1 Å². The molecule has 0 saturated carbocycles. The van der Waals surface area contributed by atoms with Gasteiger partial charge < -0.3 is 9.30 Å². The van der Waals surface area contributed by atoms with Gasteiger partial charge in [-0.15, -0.1) is 0 Å². The number of nitrogens with zero attached hydrogens (tertiary/aromatic N) is 3. The zero-order valence-corrected chi connectivity index (χ0v) is 19.3. The van der Waals surface area contributed by atoms with Crippen LogP contribution in [0.5, 0.6) is 0 Å². The van der Waals surface area contributed by atoms with E-state index in [1.54, 1.807) is 11.8 Å². The van der Waals surface area contributed by atoms with Crippen LogP contribution < -0.4 is 4.90 Å². The van der Waals surface area contributed by atoms with Gasteiger partial charge >= 0.3 is 5.97 Å². The van der Waals surface area contributed by atoms with Crippen LogP contribution in [0, 0.1) is 12.8 Å². The van der Waals surface area contributed by atoms with Gasteiger partial charge in [0.1, 0.15) is 0 Å². The highest BCUT2D eigenvalue weighted by Gasteiger charge is 2.47. The highest BCUT2D eigenvalue weighted by atomic mass is 16.5. The molecule has 1 aliphatic rings. The molecule has 6 nitrogen and oxygen atoms in total. The first-order chi connectivity index (χ1) is 16.6. The molecule has 0 bridgehead atoms. The second-order valence-corrected chi connectivity index (χ2v) is 8.58. The zero-order valence-electron chi connectivity index (χ0n) is 19.3. The minimum absolute atomic E-state index is 0.213. The molecular formula is C28H27N3O3. The van der Waals surface area contributed by atoms with Gasteiger partial charge in [0.05, 0.1) is 23.7 Å². The number of rotatable bonds is 6. The van der Waals surface area contributed by atoms with Crippen LogP contribution in [-0.4, -0.2) is 34.6 Å². The van der Waals surface area contributed by atoms with E-state index in [2.05, 4.69) is 0 Å². The number of aryl methyl sites for hydroxylation is 1. The molecule has 0 unspecified atom stereocenters. The van der Waals surface area contributed by atoms with Crippen molar-refractivity contribution in [3.63, 3.8) is 0 Å². The Morgan fingerprint density at radius 3 is 2.53 bits per heavy atom. The van der Waals surface area contributed by atoms with Crippen LogP contribution in [-0.2, 0) is 20.7 Å². The van der Waals surface area contributed by atoms with E-state index in [-0.39, 0.29) is 12.5 Å². The van der Waals surface area contributed by atoms with Gasteiger partial charge in [0, 0.05) is 6.54 Å². The molecule has 3 aromatic carbocycles. The monoisotopic (exact) mass is 453 g/mol. The number of carbonyl (C=O) groups is 2. The smallest absolute Gasteiger partial charge is 0.321 e. The fraction of sp³-hybridized carbons (Fsp3) is 0.250. The van der Waals surface area contributed by atoms with Crippen molar-refractivity contribution in [1.29, 1.82) is 0 Å². The number of anilines is 1. The maximum absolute atomic E-state index is 13.9. The van der Waals surface area contributed by atoms with Crippen molar-refractivity contribution in [1.82, 2.24) is 9.55 Å². The SMILES string of the molecule is CCOC(=O)[C@@H]1C(=O)N(CCc2ccccc2)c2nc3ccccc3n2[C@H]1c1cccc(C)c1. The maximum Gasteiger partial charge on any atom is 0.321 e. The number of para-hydroxylation sites is 2. The summed E-state index contributed by atoms with van der Waals surface area (Å²) in [5.74, 6) is -1.22. The van der Waals surface area contributed by atoms with E-state index in [1.807, 2.05) is 90.4 Å². The number of esters is 1. The summed E-state index contributed by atoms with van der Waals surface area (Å²) < 4.78 is 7.47. The Kier molecular flexibility index (Phi) is 5.88. The first-order valence-corrected chi connectivity index (χ1v) is 11.6. The third kappa shape index (κ3) is 3.85. The number of hydrogen-bond donors (Lipinski definition) is 0. The molecular weight excluding hydrogens is 426 g/mol. The number of benzene rings is 3. The number of fused-ring (bicyclic) bond motifs is 3. The van der Waals surface area contributed by atoms with Gasteiger partial charge in [-0.2, -0.15) is 0 Å². The molecule has 1 amide bonds. The quantitative estimate of drug-likeness (QED) is 0.314. The van der Waals surface area contributed by atoms with Crippen molar-refractivity contribution in [2.45, 2.75) is 26.3 Å². The number of ether oxygens (including phenoxy) is 1. The van der Waals surface area contributed by atoms with Gasteiger partial charge in [-0.3, -0.25) is 14.5 Å². The van der Waals surface area contributed by atoms with Gasteiger partial charge in [0.15, 0.2) is 5.92 Å². The molecule has 172 valence electrons. The summed E-state index contributed by atoms with van der Waals surface area (Å²) in [6, 6.07) is 25.2. The summed E-state index contributed by atoms with van der Waals surface area (Å²) in [6.45, 7) is 4.40. The van der Waals surface area contributed by atoms with Gasteiger partial charge in [-0.25, -0.2) is 4.98 Å². The van der Waals surface area contributed by atoms with Crippen LogP contribution in [0.25, 0.3) is 11.0 Å². The number of carbonyl (C=O) groups excluding carboxylic acids is 2. The van der Waals surface area contributed by atoms with E-state index >= 15 is 0 Å². The lowest BCUT2D eigenvalue weighted by Gasteiger charge is -2.38. The summed E-state index contributed by atoms with van der Waals surface area (Å²) in [6.07, 6.45) is 0.653. The van der Waals surface area contributed by atoms with Crippen molar-refractivity contribution in [2.24, 2.45) is 5.92 Å². The van der Waals surface area contributed by atoms with Crippen molar-refractivity contribution in [3.05, 3.63) is 95.6 Å². The lowest BCUT2D eigenvalue weighted by molar-refractivity contribution is -0.153. The van der Waals surface area contributed by atoms with Crippen LogP contribution in [0.1, 0.15) is 29.7 Å². The zero-order chi connectivity index (χ0) is 23.7. The van der Waals surface area contributed by atoms with Crippen LogP contribution in [0.2, 0.25) is 0 Å². The van der Waals surface area contributed by atoms with Gasteiger partial charge in [0.25, 0.3) is 0 Å². The molecule has 1 aliphatic heterocycles. The number of aromatic nitrogens is 2. The third-order valence-corrected chi connectivity index (χ3v) is 6.34. The van der Waals surface area contributed by atoms with E-state index < -0.39 is 17.9 Å². The summed E-state index contributed by atoms with van der Waals surface area (Å²) in [5.41, 5.74) is 4.74. The average molecular weight is 454 g/mol. The Hall–Kier alpha value is -3.93. The fourth-order valence-electron chi connectivity index (χ4n) is 4.80. The van der Waals surface area contributed by atoms with E-state index in [0.29, 0.717) is 18.9 Å². The minimum Gasteiger partial charge on any atom is -0.465 e. The van der Waals surface area contributed by atoms with E-state index in [0.717, 1.165) is 27.7 Å². The molecule has 34 heavy (non-hydrogen) atoms. The highest BCUT2D eigenvalue weighted by molar-refractivity contribution is 6.08. The van der Waals surface area contributed by atoms with Gasteiger partial charge in [-0.1, -0.05) is 72.3 Å². The third-order valence-electron chi connectivity index (χ3n) is 6.34. The minimum atomic E-state index is -0.998. The molecule has 0 saturated heterocycles. The molecule has 0 radical (unpaired) electrons. The van der Waals surface area contributed by atoms with Crippen molar-refractivity contribution >= 4 is 28.9 Å². The van der Waals surface area contributed by atoms with Crippen LogP contribution >= 0.6 is 0 Å². The molecule has 4 aromatic rings. The average Bonchev–Trinajstić information content (AvgIpc) is 3.22. The predicted octanol–water partition coefficient (Wildman–Crippen LogP) is 4.70. The Labute approximate surface area is 198 Å². The molecule has 1 aromatic heterocycles. The number of amides is 1. The Morgan fingerprint density at radius 2 is 1.76 bits per heavy atom. The first-order valence-electron chi connectivity index (χ1n) is 11.6. The topological polar surface area (TPSA) is 64.4 Å². The summed E-state index contributed by atoms with van der Waals surface area (Å²) >= 11 is 0. The number of hydrogen-bond acceptors (Lipinski definition) is 4. The van der Waals surface area contributed by atoms with Gasteiger partial charge in [-0.05, 0) is 43.5 Å². The molecule has 0 spiro atoms. The normalized spacial score (nSPS) is 17.6. The van der Waals surface area contributed by atoms with Crippen LogP contribution in [0.15, 0.2) is 78.9 Å². The second-order valence-electron chi connectivity index (χ2n) is 8.58. The molecule has 0 aliphatic carbocycles. The lowest BCUT2D eigenvalue weighted by atomic mass is 9.88. The lowest BCUT2D eigenvalue weighted by Crippen LogP contribution is -2.50. The predicted molar refractivity (Wildman–Crippen MR) is 132 cm³/mol. The Bertz CT molecular complexity index is 1350. The molecule has 5 rings (SSSR count). The molecule has 2 atom stereocenters.